The summed E-state index contributed by atoms with van der Waals surface area (Å²) in [5.41, 5.74) is 1.66. The Hall–Kier alpha value is -2.99. The van der Waals surface area contributed by atoms with E-state index in [-0.39, 0.29) is 13.2 Å². The number of aliphatic hydroxyl groups is 1. The molecule has 2 aromatic carbocycles. The van der Waals surface area contributed by atoms with Crippen LogP contribution in [0.3, 0.4) is 0 Å². The summed E-state index contributed by atoms with van der Waals surface area (Å²) in [5, 5.41) is 9.92. The minimum atomic E-state index is -0.499. The normalized spacial score (nSPS) is 10.6. The second-order valence-corrected chi connectivity index (χ2v) is 5.48. The number of carbonyl (C=O) groups is 1. The summed E-state index contributed by atoms with van der Waals surface area (Å²) in [7, 11) is 0. The van der Waals surface area contributed by atoms with Gasteiger partial charge in [-0.3, -0.25) is 4.90 Å². The second-order valence-electron chi connectivity index (χ2n) is 5.48. The third kappa shape index (κ3) is 4.10. The van der Waals surface area contributed by atoms with Crippen molar-refractivity contribution in [1.29, 1.82) is 0 Å². The minimum Gasteiger partial charge on any atom is -0.444 e. The van der Waals surface area contributed by atoms with Gasteiger partial charge in [0, 0.05) is 18.5 Å². The molecule has 0 saturated carbocycles. The summed E-state index contributed by atoms with van der Waals surface area (Å²) < 4.78 is 5.44. The van der Waals surface area contributed by atoms with E-state index < -0.39 is 6.09 Å². The molecule has 25 heavy (non-hydrogen) atoms. The van der Waals surface area contributed by atoms with Crippen LogP contribution in [-0.2, 0) is 11.3 Å². The summed E-state index contributed by atoms with van der Waals surface area (Å²) in [6.07, 6.45) is 1.36. The maximum absolute atomic E-state index is 12.6. The van der Waals surface area contributed by atoms with E-state index in [0.29, 0.717) is 18.8 Å². The van der Waals surface area contributed by atoms with E-state index in [0.717, 1.165) is 16.5 Å². The lowest BCUT2D eigenvalue weighted by atomic mass is 10.2. The fourth-order valence-electron chi connectivity index (χ4n) is 2.52. The van der Waals surface area contributed by atoms with Gasteiger partial charge in [-0.25, -0.2) is 14.8 Å². The van der Waals surface area contributed by atoms with Crippen molar-refractivity contribution in [3.63, 3.8) is 0 Å². The summed E-state index contributed by atoms with van der Waals surface area (Å²) in [5.74, 6) is 0.483. The van der Waals surface area contributed by atoms with Gasteiger partial charge in [-0.1, -0.05) is 42.5 Å². The second kappa shape index (κ2) is 8.21. The molecule has 6 heteroatoms. The zero-order chi connectivity index (χ0) is 17.5. The lowest BCUT2D eigenvalue weighted by Gasteiger charge is -2.22. The third-order valence-electron chi connectivity index (χ3n) is 3.74. The van der Waals surface area contributed by atoms with E-state index in [2.05, 4.69) is 9.97 Å². The molecular weight excluding hydrogens is 318 g/mol. The van der Waals surface area contributed by atoms with E-state index in [1.807, 2.05) is 54.6 Å². The van der Waals surface area contributed by atoms with Gasteiger partial charge in [0.25, 0.3) is 0 Å². The molecule has 0 aliphatic carbocycles. The van der Waals surface area contributed by atoms with Gasteiger partial charge in [0.15, 0.2) is 0 Å². The molecule has 3 aromatic rings. The largest absolute Gasteiger partial charge is 0.444 e. The zero-order valence-electron chi connectivity index (χ0n) is 13.7. The van der Waals surface area contributed by atoms with Crippen LogP contribution < -0.4 is 4.90 Å². The predicted molar refractivity (Wildman–Crippen MR) is 95.2 cm³/mol. The predicted octanol–water partition coefficient (Wildman–Crippen LogP) is 3.16. The van der Waals surface area contributed by atoms with E-state index in [1.54, 1.807) is 0 Å². The van der Waals surface area contributed by atoms with Crippen molar-refractivity contribution >= 4 is 22.8 Å². The van der Waals surface area contributed by atoms with Crippen molar-refractivity contribution in [1.82, 2.24) is 9.97 Å². The van der Waals surface area contributed by atoms with Crippen LogP contribution in [0.4, 0.5) is 10.6 Å². The van der Waals surface area contributed by atoms with Crippen LogP contribution in [0.15, 0.2) is 60.9 Å². The quantitative estimate of drug-likeness (QED) is 0.748. The number of ether oxygens (including phenoxy) is 1. The van der Waals surface area contributed by atoms with Gasteiger partial charge in [-0.2, -0.15) is 0 Å². The smallest absolute Gasteiger partial charge is 0.415 e. The van der Waals surface area contributed by atoms with Gasteiger partial charge in [0.1, 0.15) is 18.8 Å². The Bertz CT molecular complexity index is 834. The molecule has 0 bridgehead atoms. The van der Waals surface area contributed by atoms with E-state index in [1.165, 1.54) is 11.2 Å². The topological polar surface area (TPSA) is 75.5 Å². The standard InChI is InChI=1S/C19H19N3O3/c23-12-6-11-22(19(24)25-13-15-7-2-1-3-8-15)18-16-9-4-5-10-17(16)20-14-21-18/h1-5,7-10,14,23H,6,11-13H2. The molecule has 1 N–H and O–H groups in total. The number of carbonyl (C=O) groups excluding carboxylic acids is 1. The van der Waals surface area contributed by atoms with Crippen molar-refractivity contribution in [3.05, 3.63) is 66.5 Å². The number of aromatic nitrogens is 2. The molecule has 0 saturated heterocycles. The molecule has 0 fully saturated rings. The molecule has 1 amide bonds. The van der Waals surface area contributed by atoms with Crippen LogP contribution in [0.2, 0.25) is 0 Å². The third-order valence-corrected chi connectivity index (χ3v) is 3.74. The highest BCUT2D eigenvalue weighted by atomic mass is 16.6. The molecule has 0 atom stereocenters. The number of nitrogens with zero attached hydrogens (tertiary/aromatic N) is 3. The molecule has 0 radical (unpaired) electrons. The SMILES string of the molecule is O=C(OCc1ccccc1)N(CCCO)c1ncnc2ccccc12. The van der Waals surface area contributed by atoms with Gasteiger partial charge in [-0.15, -0.1) is 0 Å². The van der Waals surface area contributed by atoms with Crippen molar-refractivity contribution in [3.8, 4) is 0 Å². The average molecular weight is 337 g/mol. The van der Waals surface area contributed by atoms with Crippen molar-refractivity contribution in [2.75, 3.05) is 18.1 Å². The molecule has 6 nitrogen and oxygen atoms in total. The van der Waals surface area contributed by atoms with Crippen LogP contribution in [0.25, 0.3) is 10.9 Å². The maximum atomic E-state index is 12.6. The van der Waals surface area contributed by atoms with Gasteiger partial charge < -0.3 is 9.84 Å². The van der Waals surface area contributed by atoms with Gasteiger partial charge >= 0.3 is 6.09 Å². The number of amides is 1. The van der Waals surface area contributed by atoms with Crippen LogP contribution in [-0.4, -0.2) is 34.3 Å². The molecule has 0 aliphatic heterocycles. The lowest BCUT2D eigenvalue weighted by Crippen LogP contribution is -2.33. The van der Waals surface area contributed by atoms with Gasteiger partial charge in [0.2, 0.25) is 0 Å². The summed E-state index contributed by atoms with van der Waals surface area (Å²) in [4.78, 5) is 22.6. The summed E-state index contributed by atoms with van der Waals surface area (Å²) in [6, 6.07) is 17.0. The molecular formula is C19H19N3O3. The molecule has 0 unspecified atom stereocenters. The number of rotatable bonds is 6. The first kappa shape index (κ1) is 16.9. The number of fused-ring (bicyclic) bond motifs is 1. The number of hydrogen-bond donors (Lipinski definition) is 1. The maximum Gasteiger partial charge on any atom is 0.415 e. The van der Waals surface area contributed by atoms with Crippen LogP contribution >= 0.6 is 0 Å². The Balaban J connectivity index is 1.84. The molecule has 1 heterocycles. The van der Waals surface area contributed by atoms with Crippen LogP contribution in [0, 0.1) is 0 Å². The highest BCUT2D eigenvalue weighted by Crippen LogP contribution is 2.23. The first-order valence-electron chi connectivity index (χ1n) is 8.08. The fourth-order valence-corrected chi connectivity index (χ4v) is 2.52. The van der Waals surface area contributed by atoms with Crippen LogP contribution in [0.5, 0.6) is 0 Å². The monoisotopic (exact) mass is 337 g/mol. The Morgan fingerprint density at radius 1 is 1.04 bits per heavy atom. The van der Waals surface area contributed by atoms with Gasteiger partial charge in [-0.05, 0) is 24.1 Å². The Labute approximate surface area is 145 Å². The number of hydrogen-bond acceptors (Lipinski definition) is 5. The van der Waals surface area contributed by atoms with E-state index >= 15 is 0 Å². The van der Waals surface area contributed by atoms with E-state index in [4.69, 9.17) is 9.84 Å². The first-order valence-corrected chi connectivity index (χ1v) is 8.08. The fraction of sp³-hybridized carbons (Fsp3) is 0.211. The number of para-hydroxylation sites is 1. The summed E-state index contributed by atoms with van der Waals surface area (Å²) in [6.45, 7) is 0.467. The molecule has 0 spiro atoms. The zero-order valence-corrected chi connectivity index (χ0v) is 13.7. The van der Waals surface area contributed by atoms with Gasteiger partial charge in [0.05, 0.1) is 5.52 Å². The Morgan fingerprint density at radius 3 is 2.60 bits per heavy atom. The van der Waals surface area contributed by atoms with Crippen LogP contribution in [0.1, 0.15) is 12.0 Å². The lowest BCUT2D eigenvalue weighted by molar-refractivity contribution is 0.146. The van der Waals surface area contributed by atoms with Crippen molar-refractivity contribution in [2.24, 2.45) is 0 Å². The van der Waals surface area contributed by atoms with E-state index in [9.17, 15) is 4.79 Å². The Morgan fingerprint density at radius 2 is 1.80 bits per heavy atom. The molecule has 1 aromatic heterocycles. The Kier molecular flexibility index (Phi) is 5.53. The summed E-state index contributed by atoms with van der Waals surface area (Å²) >= 11 is 0. The molecule has 128 valence electrons. The highest BCUT2D eigenvalue weighted by molar-refractivity contribution is 5.98. The number of aliphatic hydroxyl groups excluding tert-OH is 1. The molecule has 3 rings (SSSR count). The van der Waals surface area contributed by atoms with Crippen molar-refractivity contribution in [2.45, 2.75) is 13.0 Å². The molecule has 0 aliphatic rings. The number of benzene rings is 2. The number of anilines is 1. The average Bonchev–Trinajstić information content (AvgIpc) is 2.67. The highest BCUT2D eigenvalue weighted by Gasteiger charge is 2.20. The van der Waals surface area contributed by atoms with Crippen molar-refractivity contribution < 1.29 is 14.6 Å². The minimum absolute atomic E-state index is 0.0223. The first-order chi connectivity index (χ1) is 12.3.